The smallest absolute Gasteiger partial charge is 0.241 e. The number of thiol groups is 1. The topological polar surface area (TPSA) is 111 Å². The molecule has 0 saturated heterocycles. The number of carbonyl (C=O) groups excluding carboxylic acids is 1. The average Bonchev–Trinajstić information content (AvgIpc) is 3.28. The molecule has 9 heteroatoms. The molecule has 0 spiro atoms. The van der Waals surface area contributed by atoms with Gasteiger partial charge < -0.3 is 15.4 Å². The van der Waals surface area contributed by atoms with Gasteiger partial charge in [0, 0.05) is 22.5 Å². The molecule has 0 fully saturated rings. The first-order valence-corrected chi connectivity index (χ1v) is 13.9. The highest BCUT2D eigenvalue weighted by Crippen LogP contribution is 2.24. The van der Waals surface area contributed by atoms with Crippen molar-refractivity contribution < 1.29 is 18.3 Å². The molecule has 4 rings (SSSR count). The second kappa shape index (κ2) is 11.0. The summed E-state index contributed by atoms with van der Waals surface area (Å²) in [6.07, 6.45) is 2.74. The minimum absolute atomic E-state index is 0.117. The SMILES string of the molecule is CC[C@H](C)[C@H](NS(=O)(=O)c1cccc2ccccc12)C(=O)N[C@@H](Cc1c[nH]c2ccccc12)[C@H](O)S. The van der Waals surface area contributed by atoms with E-state index in [9.17, 15) is 18.3 Å². The van der Waals surface area contributed by atoms with E-state index in [1.165, 1.54) is 6.07 Å². The van der Waals surface area contributed by atoms with Crippen LogP contribution in [-0.2, 0) is 21.2 Å². The van der Waals surface area contributed by atoms with E-state index in [2.05, 4.69) is 27.7 Å². The van der Waals surface area contributed by atoms with Crippen molar-refractivity contribution in [1.29, 1.82) is 0 Å². The van der Waals surface area contributed by atoms with Crippen molar-refractivity contribution in [3.63, 3.8) is 0 Å². The first-order valence-electron chi connectivity index (χ1n) is 11.9. The molecule has 36 heavy (non-hydrogen) atoms. The van der Waals surface area contributed by atoms with Gasteiger partial charge in [-0.3, -0.25) is 4.79 Å². The van der Waals surface area contributed by atoms with Gasteiger partial charge in [0.2, 0.25) is 15.9 Å². The second-order valence-corrected chi connectivity index (χ2v) is 11.3. The molecular weight excluding hydrogens is 494 g/mol. The molecule has 4 atom stereocenters. The Kier molecular flexibility index (Phi) is 8.04. The van der Waals surface area contributed by atoms with E-state index in [0.29, 0.717) is 18.2 Å². The first kappa shape index (κ1) is 26.2. The summed E-state index contributed by atoms with van der Waals surface area (Å²) in [6, 6.07) is 18.3. The molecule has 190 valence electrons. The summed E-state index contributed by atoms with van der Waals surface area (Å²) < 4.78 is 29.5. The molecule has 0 aliphatic heterocycles. The van der Waals surface area contributed by atoms with E-state index in [1.807, 2.05) is 62.5 Å². The molecule has 1 heterocycles. The van der Waals surface area contributed by atoms with E-state index in [1.54, 1.807) is 18.2 Å². The maximum Gasteiger partial charge on any atom is 0.241 e. The van der Waals surface area contributed by atoms with Crippen LogP contribution in [0.2, 0.25) is 0 Å². The Hall–Kier alpha value is -2.85. The van der Waals surface area contributed by atoms with Gasteiger partial charge in [-0.1, -0.05) is 74.9 Å². The van der Waals surface area contributed by atoms with Crippen LogP contribution in [0.15, 0.2) is 77.8 Å². The first-order chi connectivity index (χ1) is 17.2. The predicted molar refractivity (Wildman–Crippen MR) is 146 cm³/mol. The highest BCUT2D eigenvalue weighted by Gasteiger charge is 2.32. The fraction of sp³-hybridized carbons (Fsp3) is 0.296. The number of benzene rings is 3. The zero-order valence-electron chi connectivity index (χ0n) is 20.2. The summed E-state index contributed by atoms with van der Waals surface area (Å²) in [7, 11) is -4.02. The molecule has 0 aliphatic rings. The van der Waals surface area contributed by atoms with Crippen LogP contribution in [0.1, 0.15) is 25.8 Å². The van der Waals surface area contributed by atoms with E-state index in [-0.39, 0.29) is 10.8 Å². The molecule has 0 bridgehead atoms. The fourth-order valence-corrected chi connectivity index (χ4v) is 6.08. The number of hydrogen-bond donors (Lipinski definition) is 5. The largest absolute Gasteiger partial charge is 0.381 e. The molecule has 4 aromatic rings. The second-order valence-electron chi connectivity index (χ2n) is 9.05. The van der Waals surface area contributed by atoms with Gasteiger partial charge in [0.1, 0.15) is 11.5 Å². The normalized spacial score (nSPS) is 15.4. The van der Waals surface area contributed by atoms with Gasteiger partial charge in [0.25, 0.3) is 0 Å². The van der Waals surface area contributed by atoms with Gasteiger partial charge in [-0.05, 0) is 35.4 Å². The Bertz CT molecular complexity index is 1460. The lowest BCUT2D eigenvalue weighted by atomic mass is 9.98. The van der Waals surface area contributed by atoms with E-state index in [0.717, 1.165) is 21.9 Å². The molecule has 0 unspecified atom stereocenters. The number of carbonyl (C=O) groups is 1. The van der Waals surface area contributed by atoms with Crippen molar-refractivity contribution in [2.24, 2.45) is 5.92 Å². The maximum atomic E-state index is 13.4. The number of H-pyrrole nitrogens is 1. The van der Waals surface area contributed by atoms with Crippen molar-refractivity contribution in [1.82, 2.24) is 15.0 Å². The number of hydrogen-bond acceptors (Lipinski definition) is 5. The molecule has 4 N–H and O–H groups in total. The Balaban J connectivity index is 1.58. The third-order valence-corrected chi connectivity index (χ3v) is 8.48. The standard InChI is InChI=1S/C27H31N3O4S2/c1-3-17(2)25(30-36(33,34)24-14-8-10-18-9-4-5-12-21(18)24)26(31)29-23(27(32)35)15-19-16-28-22-13-7-6-11-20(19)22/h4-14,16-17,23,25,27-28,30,32,35H,3,15H2,1-2H3,(H,29,31)/t17-,23-,25-,27+/m0/s1. The third-order valence-electron chi connectivity index (χ3n) is 6.62. The van der Waals surface area contributed by atoms with Crippen molar-refractivity contribution in [2.45, 2.75) is 49.1 Å². The predicted octanol–water partition coefficient (Wildman–Crippen LogP) is 3.99. The minimum atomic E-state index is -4.02. The monoisotopic (exact) mass is 525 g/mol. The molecule has 7 nitrogen and oxygen atoms in total. The summed E-state index contributed by atoms with van der Waals surface area (Å²) in [6.45, 7) is 3.72. The zero-order chi connectivity index (χ0) is 25.9. The highest BCUT2D eigenvalue weighted by molar-refractivity contribution is 7.89. The van der Waals surface area contributed by atoms with Crippen LogP contribution in [0.25, 0.3) is 21.7 Å². The van der Waals surface area contributed by atoms with Gasteiger partial charge in [0.15, 0.2) is 0 Å². The molecule has 3 aromatic carbocycles. The quantitative estimate of drug-likeness (QED) is 0.159. The molecular formula is C27H31N3O4S2. The van der Waals surface area contributed by atoms with Crippen molar-refractivity contribution in [3.8, 4) is 0 Å². The molecule has 1 amide bonds. The number of aliphatic hydroxyl groups is 1. The van der Waals surface area contributed by atoms with Crippen molar-refractivity contribution in [3.05, 3.63) is 78.5 Å². The van der Waals surface area contributed by atoms with E-state index >= 15 is 0 Å². The number of aliphatic hydroxyl groups excluding tert-OH is 1. The number of sulfonamides is 1. The Morgan fingerprint density at radius 2 is 1.69 bits per heavy atom. The summed E-state index contributed by atoms with van der Waals surface area (Å²) in [5, 5.41) is 15.5. The van der Waals surface area contributed by atoms with E-state index in [4.69, 9.17) is 0 Å². The van der Waals surface area contributed by atoms with Crippen LogP contribution in [-0.4, -0.2) is 41.9 Å². The molecule has 0 aliphatic carbocycles. The van der Waals surface area contributed by atoms with Gasteiger partial charge in [-0.25, -0.2) is 8.42 Å². The number of nitrogens with one attached hydrogen (secondary N) is 3. The molecule has 1 aromatic heterocycles. The summed E-state index contributed by atoms with van der Waals surface area (Å²) in [4.78, 5) is 16.7. The van der Waals surface area contributed by atoms with Gasteiger partial charge in [-0.15, -0.1) is 12.6 Å². The average molecular weight is 526 g/mol. The number of fused-ring (bicyclic) bond motifs is 2. The van der Waals surface area contributed by atoms with Crippen molar-refractivity contribution >= 4 is 50.2 Å². The maximum absolute atomic E-state index is 13.4. The molecule has 0 radical (unpaired) electrons. The van der Waals surface area contributed by atoms with Gasteiger partial charge >= 0.3 is 0 Å². The van der Waals surface area contributed by atoms with Gasteiger partial charge in [0.05, 0.1) is 10.9 Å². The number of aromatic nitrogens is 1. The number of aromatic amines is 1. The number of para-hydroxylation sites is 1. The summed E-state index contributed by atoms with van der Waals surface area (Å²) in [5.74, 6) is -0.799. The summed E-state index contributed by atoms with van der Waals surface area (Å²) in [5.41, 5.74) is 0.724. The van der Waals surface area contributed by atoms with Crippen LogP contribution < -0.4 is 10.0 Å². The Morgan fingerprint density at radius 3 is 2.42 bits per heavy atom. The lowest BCUT2D eigenvalue weighted by Gasteiger charge is -2.27. The Morgan fingerprint density at radius 1 is 1.03 bits per heavy atom. The van der Waals surface area contributed by atoms with Crippen LogP contribution >= 0.6 is 12.6 Å². The zero-order valence-corrected chi connectivity index (χ0v) is 21.9. The van der Waals surface area contributed by atoms with Crippen LogP contribution in [0.5, 0.6) is 0 Å². The number of amides is 1. The molecule has 0 saturated carbocycles. The number of rotatable bonds is 10. The Labute approximate surface area is 216 Å². The highest BCUT2D eigenvalue weighted by atomic mass is 32.2. The fourth-order valence-electron chi connectivity index (χ4n) is 4.37. The third kappa shape index (κ3) is 5.59. The van der Waals surface area contributed by atoms with Gasteiger partial charge in [-0.2, -0.15) is 4.72 Å². The summed E-state index contributed by atoms with van der Waals surface area (Å²) >= 11 is 4.19. The van der Waals surface area contributed by atoms with Crippen LogP contribution in [0, 0.1) is 5.92 Å². The van der Waals surface area contributed by atoms with Crippen molar-refractivity contribution in [2.75, 3.05) is 0 Å². The van der Waals surface area contributed by atoms with Crippen LogP contribution in [0.3, 0.4) is 0 Å². The van der Waals surface area contributed by atoms with E-state index < -0.39 is 33.5 Å². The lowest BCUT2D eigenvalue weighted by Crippen LogP contribution is -2.54. The van der Waals surface area contributed by atoms with Crippen LogP contribution in [0.4, 0.5) is 0 Å². The minimum Gasteiger partial charge on any atom is -0.381 e. The lowest BCUT2D eigenvalue weighted by molar-refractivity contribution is -0.125.